The molecule has 3 aromatic carbocycles. The van der Waals surface area contributed by atoms with Crippen LogP contribution < -0.4 is 9.47 Å². The predicted molar refractivity (Wildman–Crippen MR) is 126 cm³/mol. The molecular formula is C28H26O4. The highest BCUT2D eigenvalue weighted by molar-refractivity contribution is 5.88. The first-order valence-electron chi connectivity index (χ1n) is 11.3. The zero-order valence-corrected chi connectivity index (χ0v) is 18.0. The molecule has 0 spiro atoms. The Morgan fingerprint density at radius 1 is 0.781 bits per heavy atom. The summed E-state index contributed by atoms with van der Waals surface area (Å²) in [5.74, 6) is 1.86. The summed E-state index contributed by atoms with van der Waals surface area (Å²) >= 11 is 0. The van der Waals surface area contributed by atoms with E-state index in [1.54, 1.807) is 0 Å². The molecule has 0 aromatic heterocycles. The molecule has 0 radical (unpaired) electrons. The van der Waals surface area contributed by atoms with Crippen molar-refractivity contribution in [1.82, 2.24) is 0 Å². The van der Waals surface area contributed by atoms with Gasteiger partial charge in [0.05, 0.1) is 13.2 Å². The number of hydrogen-bond acceptors (Lipinski definition) is 4. The van der Waals surface area contributed by atoms with Gasteiger partial charge in [0.25, 0.3) is 0 Å². The monoisotopic (exact) mass is 426 g/mol. The fourth-order valence-corrected chi connectivity index (χ4v) is 4.34. The Kier molecular flexibility index (Phi) is 5.18. The third-order valence-corrected chi connectivity index (χ3v) is 6.27. The molecular weight excluding hydrogens is 400 g/mol. The van der Waals surface area contributed by atoms with E-state index >= 15 is 0 Å². The van der Waals surface area contributed by atoms with Crippen LogP contribution in [0.25, 0.3) is 16.8 Å². The molecule has 2 aliphatic heterocycles. The van der Waals surface area contributed by atoms with E-state index < -0.39 is 0 Å². The number of allylic oxidation sites excluding steroid dienone is 3. The van der Waals surface area contributed by atoms with E-state index in [0.29, 0.717) is 13.2 Å². The molecule has 2 saturated heterocycles. The van der Waals surface area contributed by atoms with Crippen LogP contribution in [0.15, 0.2) is 66.8 Å². The molecule has 2 fully saturated rings. The van der Waals surface area contributed by atoms with Crippen LogP contribution in [-0.2, 0) is 22.3 Å². The predicted octanol–water partition coefficient (Wildman–Crippen LogP) is 5.11. The van der Waals surface area contributed by atoms with Gasteiger partial charge in [-0.1, -0.05) is 60.7 Å². The Morgan fingerprint density at radius 3 is 2.28 bits per heavy atom. The second-order valence-corrected chi connectivity index (χ2v) is 8.57. The van der Waals surface area contributed by atoms with Crippen LogP contribution in [0.5, 0.6) is 11.5 Å². The lowest BCUT2D eigenvalue weighted by Crippen LogP contribution is -2.10. The summed E-state index contributed by atoms with van der Waals surface area (Å²) in [7, 11) is 0. The van der Waals surface area contributed by atoms with Gasteiger partial charge in [0.2, 0.25) is 0 Å². The molecule has 1 aliphatic carbocycles. The maximum absolute atomic E-state index is 6.27. The van der Waals surface area contributed by atoms with Crippen molar-refractivity contribution in [2.45, 2.75) is 25.0 Å². The van der Waals surface area contributed by atoms with Crippen LogP contribution in [0.2, 0.25) is 0 Å². The van der Waals surface area contributed by atoms with Crippen LogP contribution in [0.3, 0.4) is 0 Å². The van der Waals surface area contributed by atoms with E-state index in [-0.39, 0.29) is 12.2 Å². The summed E-state index contributed by atoms with van der Waals surface area (Å²) in [6, 6.07) is 17.0. The summed E-state index contributed by atoms with van der Waals surface area (Å²) in [6.45, 7) is 2.76. The normalized spacial score (nSPS) is 20.6. The first kappa shape index (κ1) is 19.6. The average molecular weight is 427 g/mol. The number of fused-ring (bicyclic) bond motifs is 2. The van der Waals surface area contributed by atoms with Crippen molar-refractivity contribution < 1.29 is 18.9 Å². The summed E-state index contributed by atoms with van der Waals surface area (Å²) < 4.78 is 23.3. The van der Waals surface area contributed by atoms with Crippen molar-refractivity contribution in [2.75, 3.05) is 26.4 Å². The Balaban J connectivity index is 1.44. The molecule has 0 amide bonds. The average Bonchev–Trinajstić information content (AvgIpc) is 3.72. The first-order chi connectivity index (χ1) is 15.8. The number of epoxide rings is 2. The zero-order valence-electron chi connectivity index (χ0n) is 18.0. The van der Waals surface area contributed by atoms with E-state index in [0.717, 1.165) is 37.6 Å². The molecule has 32 heavy (non-hydrogen) atoms. The maximum Gasteiger partial charge on any atom is 0.123 e. The van der Waals surface area contributed by atoms with Crippen molar-refractivity contribution in [3.8, 4) is 11.5 Å². The first-order valence-corrected chi connectivity index (χ1v) is 11.3. The van der Waals surface area contributed by atoms with Gasteiger partial charge in [0.1, 0.15) is 36.9 Å². The van der Waals surface area contributed by atoms with Crippen LogP contribution in [-0.4, -0.2) is 38.6 Å². The summed E-state index contributed by atoms with van der Waals surface area (Å²) in [4.78, 5) is 0. The molecule has 3 aliphatic rings. The number of hydrogen-bond donors (Lipinski definition) is 0. The summed E-state index contributed by atoms with van der Waals surface area (Å²) in [6.07, 6.45) is 10.7. The van der Waals surface area contributed by atoms with E-state index in [9.17, 15) is 0 Å². The molecule has 162 valence electrons. The highest BCUT2D eigenvalue weighted by atomic mass is 16.6. The van der Waals surface area contributed by atoms with E-state index in [1.165, 1.54) is 33.0 Å². The molecule has 2 heterocycles. The fraction of sp³-hybridized carbons (Fsp3) is 0.286. The van der Waals surface area contributed by atoms with Crippen molar-refractivity contribution >= 4 is 16.8 Å². The molecule has 2 unspecified atom stereocenters. The SMILES string of the molecule is C1=CCc2c(ccc(OCC3CO3)c2Cc2c(OCC3CO3)ccc3ccccc23)C=C1. The summed E-state index contributed by atoms with van der Waals surface area (Å²) in [5, 5.41) is 2.43. The van der Waals surface area contributed by atoms with Crippen molar-refractivity contribution in [3.63, 3.8) is 0 Å². The molecule has 6 rings (SSSR count). The molecule has 0 bridgehead atoms. The minimum Gasteiger partial charge on any atom is -0.490 e. The number of rotatable bonds is 8. The lowest BCUT2D eigenvalue weighted by atomic mass is 9.90. The summed E-state index contributed by atoms with van der Waals surface area (Å²) in [5.41, 5.74) is 4.98. The van der Waals surface area contributed by atoms with Crippen LogP contribution in [0.4, 0.5) is 0 Å². The third-order valence-electron chi connectivity index (χ3n) is 6.27. The Labute approximate surface area is 188 Å². The van der Waals surface area contributed by atoms with E-state index in [1.807, 2.05) is 0 Å². The highest BCUT2D eigenvalue weighted by Crippen LogP contribution is 2.37. The van der Waals surface area contributed by atoms with Gasteiger partial charge in [-0.05, 0) is 40.5 Å². The van der Waals surface area contributed by atoms with Gasteiger partial charge >= 0.3 is 0 Å². The van der Waals surface area contributed by atoms with Gasteiger partial charge in [-0.25, -0.2) is 0 Å². The standard InChI is InChI=1S/C28H26O4/c1-2-6-19-10-12-27(31-17-21-15-29-21)25(23(19)8-3-1)14-26-24-9-5-4-7-20(24)11-13-28(26)32-18-22-16-30-22/h1-7,9-13,21-22H,8,14-18H2. The fourth-order valence-electron chi connectivity index (χ4n) is 4.34. The largest absolute Gasteiger partial charge is 0.490 e. The second kappa shape index (κ2) is 8.45. The molecule has 0 saturated carbocycles. The topological polar surface area (TPSA) is 43.5 Å². The second-order valence-electron chi connectivity index (χ2n) is 8.57. The van der Waals surface area contributed by atoms with Crippen LogP contribution >= 0.6 is 0 Å². The lowest BCUT2D eigenvalue weighted by Gasteiger charge is -2.20. The van der Waals surface area contributed by atoms with E-state index in [4.69, 9.17) is 18.9 Å². The van der Waals surface area contributed by atoms with Gasteiger partial charge in [-0.15, -0.1) is 0 Å². The molecule has 0 N–H and O–H groups in total. The van der Waals surface area contributed by atoms with Crippen molar-refractivity contribution in [2.24, 2.45) is 0 Å². The highest BCUT2D eigenvalue weighted by Gasteiger charge is 2.26. The van der Waals surface area contributed by atoms with Gasteiger partial charge < -0.3 is 18.9 Å². The number of ether oxygens (including phenoxy) is 4. The van der Waals surface area contributed by atoms with Gasteiger partial charge in [0.15, 0.2) is 0 Å². The van der Waals surface area contributed by atoms with Crippen LogP contribution in [0.1, 0.15) is 22.3 Å². The van der Waals surface area contributed by atoms with Crippen molar-refractivity contribution in [3.05, 3.63) is 89.0 Å². The molecule has 4 nitrogen and oxygen atoms in total. The minimum absolute atomic E-state index is 0.218. The number of benzene rings is 3. The Bertz CT molecular complexity index is 1200. The zero-order chi connectivity index (χ0) is 21.3. The Morgan fingerprint density at radius 2 is 1.50 bits per heavy atom. The van der Waals surface area contributed by atoms with Gasteiger partial charge in [-0.2, -0.15) is 0 Å². The third kappa shape index (κ3) is 4.16. The van der Waals surface area contributed by atoms with E-state index in [2.05, 4.69) is 72.8 Å². The van der Waals surface area contributed by atoms with Gasteiger partial charge in [0, 0.05) is 17.5 Å². The quantitative estimate of drug-likeness (QED) is 0.470. The smallest absolute Gasteiger partial charge is 0.123 e. The lowest BCUT2D eigenvalue weighted by molar-refractivity contribution is 0.259. The van der Waals surface area contributed by atoms with Crippen LogP contribution in [0, 0.1) is 0 Å². The molecule has 4 heteroatoms. The van der Waals surface area contributed by atoms with Gasteiger partial charge in [-0.3, -0.25) is 0 Å². The Hall–Kier alpha value is -3.08. The van der Waals surface area contributed by atoms with Crippen molar-refractivity contribution in [1.29, 1.82) is 0 Å². The molecule has 3 aromatic rings. The minimum atomic E-state index is 0.218. The molecule has 2 atom stereocenters. The maximum atomic E-state index is 6.27.